The molecular formula is C5H10N2O4. The summed E-state index contributed by atoms with van der Waals surface area (Å²) in [5.74, 6) is 0. The number of amides is 1. The SMILES string of the molecule is CCOC(=O)NN1CCOO1. The molecule has 6 heteroatoms. The van der Waals surface area contributed by atoms with Crippen molar-refractivity contribution in [3.63, 3.8) is 0 Å². The van der Waals surface area contributed by atoms with Crippen LogP contribution in [0.1, 0.15) is 6.92 Å². The first-order valence-electron chi connectivity index (χ1n) is 3.33. The number of carbonyl (C=O) groups excluding carboxylic acids is 1. The van der Waals surface area contributed by atoms with Gasteiger partial charge in [0.2, 0.25) is 0 Å². The first-order valence-corrected chi connectivity index (χ1v) is 3.33. The average Bonchev–Trinajstić information content (AvgIpc) is 2.40. The van der Waals surface area contributed by atoms with Crippen LogP contribution in [0.15, 0.2) is 0 Å². The molecule has 1 aliphatic heterocycles. The number of ether oxygens (including phenoxy) is 1. The highest BCUT2D eigenvalue weighted by Crippen LogP contribution is 1.96. The Morgan fingerprint density at radius 2 is 2.64 bits per heavy atom. The summed E-state index contributed by atoms with van der Waals surface area (Å²) in [6, 6.07) is 0. The molecule has 0 bridgehead atoms. The fourth-order valence-corrected chi connectivity index (χ4v) is 0.598. The molecular weight excluding hydrogens is 152 g/mol. The Labute approximate surface area is 63.9 Å². The van der Waals surface area contributed by atoms with Gasteiger partial charge in [-0.2, -0.15) is 0 Å². The summed E-state index contributed by atoms with van der Waals surface area (Å²) >= 11 is 0. The maximum absolute atomic E-state index is 10.7. The molecule has 6 nitrogen and oxygen atoms in total. The van der Waals surface area contributed by atoms with Crippen LogP contribution < -0.4 is 5.43 Å². The highest BCUT2D eigenvalue weighted by molar-refractivity contribution is 5.66. The lowest BCUT2D eigenvalue weighted by Crippen LogP contribution is -2.39. The number of nitrogens with one attached hydrogen (secondary N) is 1. The number of hydroxylamine groups is 1. The van der Waals surface area contributed by atoms with E-state index in [1.165, 1.54) is 0 Å². The van der Waals surface area contributed by atoms with Gasteiger partial charge in [0.25, 0.3) is 0 Å². The van der Waals surface area contributed by atoms with Crippen molar-refractivity contribution in [3.8, 4) is 0 Å². The van der Waals surface area contributed by atoms with E-state index < -0.39 is 6.09 Å². The van der Waals surface area contributed by atoms with Crippen LogP contribution in [0, 0.1) is 0 Å². The summed E-state index contributed by atoms with van der Waals surface area (Å²) in [6.45, 7) is 2.99. The predicted octanol–water partition coefficient (Wildman–Crippen LogP) is -0.174. The maximum atomic E-state index is 10.7. The van der Waals surface area contributed by atoms with E-state index in [9.17, 15) is 4.79 Å². The van der Waals surface area contributed by atoms with Gasteiger partial charge in [-0.05, 0) is 6.92 Å². The van der Waals surface area contributed by atoms with Crippen LogP contribution >= 0.6 is 0 Å². The summed E-state index contributed by atoms with van der Waals surface area (Å²) in [5, 5.41) is 1.16. The average molecular weight is 162 g/mol. The van der Waals surface area contributed by atoms with Crippen molar-refractivity contribution in [1.29, 1.82) is 0 Å². The summed E-state index contributed by atoms with van der Waals surface area (Å²) in [4.78, 5) is 19.7. The minimum Gasteiger partial charge on any atom is -0.449 e. The quantitative estimate of drug-likeness (QED) is 0.571. The molecule has 0 atom stereocenters. The molecule has 1 aliphatic rings. The van der Waals surface area contributed by atoms with Crippen molar-refractivity contribution >= 4 is 6.09 Å². The topological polar surface area (TPSA) is 60.0 Å². The Bertz CT molecular complexity index is 134. The third-order valence-corrected chi connectivity index (χ3v) is 1.01. The van der Waals surface area contributed by atoms with Crippen LogP contribution in [0.5, 0.6) is 0 Å². The predicted molar refractivity (Wildman–Crippen MR) is 33.9 cm³/mol. The highest BCUT2D eigenvalue weighted by atomic mass is 17.3. The van der Waals surface area contributed by atoms with Gasteiger partial charge in [-0.15, -0.1) is 4.99 Å². The minimum absolute atomic E-state index is 0.334. The smallest absolute Gasteiger partial charge is 0.423 e. The van der Waals surface area contributed by atoms with E-state index in [-0.39, 0.29) is 0 Å². The Kier molecular flexibility index (Phi) is 3.09. The molecule has 0 saturated carbocycles. The highest BCUT2D eigenvalue weighted by Gasteiger charge is 2.16. The van der Waals surface area contributed by atoms with Crippen LogP contribution in [0.4, 0.5) is 4.79 Å². The summed E-state index contributed by atoms with van der Waals surface area (Å²) < 4.78 is 4.58. The molecule has 64 valence electrons. The molecule has 1 N–H and O–H groups in total. The van der Waals surface area contributed by atoms with E-state index in [4.69, 9.17) is 0 Å². The molecule has 0 unspecified atom stereocenters. The second-order valence-electron chi connectivity index (χ2n) is 1.83. The Morgan fingerprint density at radius 1 is 1.82 bits per heavy atom. The van der Waals surface area contributed by atoms with Gasteiger partial charge in [-0.3, -0.25) is 0 Å². The van der Waals surface area contributed by atoms with E-state index in [1.54, 1.807) is 6.92 Å². The van der Waals surface area contributed by atoms with Crippen molar-refractivity contribution in [2.75, 3.05) is 19.8 Å². The lowest BCUT2D eigenvalue weighted by molar-refractivity contribution is -0.382. The van der Waals surface area contributed by atoms with E-state index in [0.717, 1.165) is 5.17 Å². The van der Waals surface area contributed by atoms with E-state index in [2.05, 4.69) is 20.0 Å². The number of nitrogens with zero attached hydrogens (tertiary/aromatic N) is 1. The number of hydrazine groups is 1. The minimum atomic E-state index is -0.544. The molecule has 1 amide bonds. The molecule has 1 heterocycles. The van der Waals surface area contributed by atoms with Gasteiger partial charge in [0.05, 0.1) is 13.2 Å². The second-order valence-corrected chi connectivity index (χ2v) is 1.83. The summed E-state index contributed by atoms with van der Waals surface area (Å²) in [6.07, 6.45) is -0.544. The van der Waals surface area contributed by atoms with E-state index >= 15 is 0 Å². The number of rotatable bonds is 2. The first kappa shape index (κ1) is 8.25. The van der Waals surface area contributed by atoms with E-state index in [0.29, 0.717) is 19.8 Å². The third-order valence-electron chi connectivity index (χ3n) is 1.01. The molecule has 1 fully saturated rings. The molecule has 0 aliphatic carbocycles. The first-order chi connectivity index (χ1) is 5.33. The molecule has 0 spiro atoms. The number of hydrogen-bond donors (Lipinski definition) is 1. The van der Waals surface area contributed by atoms with Crippen molar-refractivity contribution in [2.24, 2.45) is 0 Å². The molecule has 0 aromatic rings. The molecule has 1 saturated heterocycles. The van der Waals surface area contributed by atoms with Crippen molar-refractivity contribution < 1.29 is 19.4 Å². The van der Waals surface area contributed by atoms with Crippen LogP contribution in [-0.4, -0.2) is 31.0 Å². The van der Waals surface area contributed by atoms with Crippen molar-refractivity contribution in [2.45, 2.75) is 6.92 Å². The molecule has 0 aromatic heterocycles. The number of hydrogen-bond acceptors (Lipinski definition) is 5. The van der Waals surface area contributed by atoms with Gasteiger partial charge in [-0.25, -0.2) is 15.1 Å². The molecule has 0 radical (unpaired) electrons. The summed E-state index contributed by atoms with van der Waals surface area (Å²) in [7, 11) is 0. The molecule has 11 heavy (non-hydrogen) atoms. The van der Waals surface area contributed by atoms with Crippen LogP contribution in [-0.2, 0) is 14.6 Å². The Balaban J connectivity index is 2.13. The van der Waals surface area contributed by atoms with Gasteiger partial charge in [-0.1, -0.05) is 5.17 Å². The van der Waals surface area contributed by atoms with Crippen LogP contribution in [0.2, 0.25) is 0 Å². The van der Waals surface area contributed by atoms with Crippen LogP contribution in [0.3, 0.4) is 0 Å². The van der Waals surface area contributed by atoms with Gasteiger partial charge in [0.15, 0.2) is 0 Å². The van der Waals surface area contributed by atoms with Gasteiger partial charge >= 0.3 is 6.09 Å². The zero-order chi connectivity index (χ0) is 8.10. The fraction of sp³-hybridized carbons (Fsp3) is 0.800. The van der Waals surface area contributed by atoms with Gasteiger partial charge in [0.1, 0.15) is 6.61 Å². The fourth-order valence-electron chi connectivity index (χ4n) is 0.598. The third kappa shape index (κ3) is 2.71. The Morgan fingerprint density at radius 3 is 3.18 bits per heavy atom. The van der Waals surface area contributed by atoms with E-state index in [1.807, 2.05) is 0 Å². The molecule has 1 rings (SSSR count). The van der Waals surface area contributed by atoms with Crippen molar-refractivity contribution in [1.82, 2.24) is 10.6 Å². The zero-order valence-corrected chi connectivity index (χ0v) is 6.20. The largest absolute Gasteiger partial charge is 0.449 e. The van der Waals surface area contributed by atoms with Gasteiger partial charge in [0, 0.05) is 0 Å². The molecule has 0 aromatic carbocycles. The zero-order valence-electron chi connectivity index (χ0n) is 6.20. The maximum Gasteiger partial charge on any atom is 0.423 e. The number of carbonyl (C=O) groups is 1. The second kappa shape index (κ2) is 4.12. The standard InChI is InChI=1S/C5H10N2O4/c1-2-9-5(8)6-7-3-4-10-11-7/h2-4H2,1H3,(H,6,8). The summed E-state index contributed by atoms with van der Waals surface area (Å²) in [5.41, 5.74) is 2.30. The monoisotopic (exact) mass is 162 g/mol. The lowest BCUT2D eigenvalue weighted by Gasteiger charge is -2.10. The lowest BCUT2D eigenvalue weighted by atomic mass is 10.7. The van der Waals surface area contributed by atoms with Gasteiger partial charge < -0.3 is 4.74 Å². The van der Waals surface area contributed by atoms with Crippen molar-refractivity contribution in [3.05, 3.63) is 0 Å². The Hall–Kier alpha value is -0.850. The van der Waals surface area contributed by atoms with Crippen LogP contribution in [0.25, 0.3) is 0 Å². The normalized spacial score (nSPS) is 18.3.